The molecule has 0 fully saturated rings. The summed E-state index contributed by atoms with van der Waals surface area (Å²) < 4.78 is 5.38. The molecular formula is C18H13NO3. The number of hydrogen-bond donors (Lipinski definition) is 0. The number of anilines is 1. The molecule has 4 rings (SSSR count). The SMILES string of the molecule is O=C1C=CC2(O1)C(=O)N(Cc1ccccc1)c1ccccc12. The van der Waals surface area contributed by atoms with E-state index >= 15 is 0 Å². The Labute approximate surface area is 127 Å². The van der Waals surface area contributed by atoms with Gasteiger partial charge in [-0.1, -0.05) is 48.5 Å². The molecule has 2 aromatic rings. The van der Waals surface area contributed by atoms with E-state index in [0.717, 1.165) is 16.8 Å². The van der Waals surface area contributed by atoms with Gasteiger partial charge < -0.3 is 9.64 Å². The van der Waals surface area contributed by atoms with Crippen LogP contribution in [-0.2, 0) is 26.5 Å². The second kappa shape index (κ2) is 4.56. The molecule has 0 aromatic heterocycles. The first-order chi connectivity index (χ1) is 10.7. The van der Waals surface area contributed by atoms with E-state index in [0.29, 0.717) is 6.54 Å². The first kappa shape index (κ1) is 12.8. The summed E-state index contributed by atoms with van der Waals surface area (Å²) in [6.45, 7) is 0.448. The van der Waals surface area contributed by atoms with Crippen LogP contribution < -0.4 is 4.90 Å². The zero-order valence-electron chi connectivity index (χ0n) is 11.7. The van der Waals surface area contributed by atoms with Crippen molar-refractivity contribution in [2.45, 2.75) is 12.1 Å². The van der Waals surface area contributed by atoms with Crippen molar-refractivity contribution >= 4 is 17.6 Å². The Bertz CT molecular complexity index is 797. The molecular weight excluding hydrogens is 278 g/mol. The summed E-state index contributed by atoms with van der Waals surface area (Å²) in [5.74, 6) is -0.704. The van der Waals surface area contributed by atoms with E-state index in [1.54, 1.807) is 11.0 Å². The van der Waals surface area contributed by atoms with Gasteiger partial charge in [-0.05, 0) is 17.7 Å². The van der Waals surface area contributed by atoms with Crippen LogP contribution in [-0.4, -0.2) is 11.9 Å². The predicted molar refractivity (Wildman–Crippen MR) is 81.0 cm³/mol. The number of fused-ring (bicyclic) bond motifs is 2. The van der Waals surface area contributed by atoms with Crippen LogP contribution in [0.25, 0.3) is 0 Å². The van der Waals surface area contributed by atoms with E-state index in [1.165, 1.54) is 6.08 Å². The van der Waals surface area contributed by atoms with Crippen LogP contribution >= 0.6 is 0 Å². The molecule has 2 aromatic carbocycles. The molecule has 2 aliphatic heterocycles. The molecule has 0 aliphatic carbocycles. The first-order valence-electron chi connectivity index (χ1n) is 7.08. The molecule has 4 nitrogen and oxygen atoms in total. The molecule has 1 spiro atoms. The maximum absolute atomic E-state index is 12.9. The van der Waals surface area contributed by atoms with E-state index in [4.69, 9.17) is 4.74 Å². The summed E-state index contributed by atoms with van der Waals surface area (Å²) in [6.07, 6.45) is 2.88. The molecule has 2 heterocycles. The minimum atomic E-state index is -1.29. The third-order valence-corrected chi connectivity index (χ3v) is 4.06. The number of carbonyl (C=O) groups is 2. The second-order valence-corrected chi connectivity index (χ2v) is 5.38. The van der Waals surface area contributed by atoms with E-state index in [1.807, 2.05) is 54.6 Å². The average molecular weight is 291 g/mol. The van der Waals surface area contributed by atoms with Gasteiger partial charge in [0.05, 0.1) is 12.2 Å². The molecule has 1 amide bonds. The highest BCUT2D eigenvalue weighted by atomic mass is 16.6. The van der Waals surface area contributed by atoms with E-state index in [9.17, 15) is 9.59 Å². The smallest absolute Gasteiger partial charge is 0.332 e. The van der Waals surface area contributed by atoms with Crippen LogP contribution in [0.5, 0.6) is 0 Å². The Kier molecular flexibility index (Phi) is 2.66. The number of nitrogens with zero attached hydrogens (tertiary/aromatic N) is 1. The second-order valence-electron chi connectivity index (χ2n) is 5.38. The number of rotatable bonds is 2. The highest BCUT2D eigenvalue weighted by Gasteiger charge is 2.54. The van der Waals surface area contributed by atoms with E-state index in [2.05, 4.69) is 0 Å². The zero-order chi connectivity index (χ0) is 15.2. The zero-order valence-corrected chi connectivity index (χ0v) is 11.7. The van der Waals surface area contributed by atoms with Gasteiger partial charge in [-0.3, -0.25) is 4.79 Å². The lowest BCUT2D eigenvalue weighted by Crippen LogP contribution is -2.39. The van der Waals surface area contributed by atoms with Crippen LogP contribution in [0.15, 0.2) is 66.7 Å². The van der Waals surface area contributed by atoms with Gasteiger partial charge in [0.25, 0.3) is 5.91 Å². The van der Waals surface area contributed by atoms with Crippen molar-refractivity contribution < 1.29 is 14.3 Å². The largest absolute Gasteiger partial charge is 0.436 e. The van der Waals surface area contributed by atoms with Crippen molar-refractivity contribution in [3.05, 3.63) is 77.9 Å². The minimum Gasteiger partial charge on any atom is -0.436 e. The first-order valence-corrected chi connectivity index (χ1v) is 7.08. The molecule has 0 N–H and O–H groups in total. The van der Waals surface area contributed by atoms with Gasteiger partial charge in [0.1, 0.15) is 0 Å². The number of para-hydroxylation sites is 1. The molecule has 1 atom stereocenters. The van der Waals surface area contributed by atoms with Crippen LogP contribution in [0.4, 0.5) is 5.69 Å². The lowest BCUT2D eigenvalue weighted by Gasteiger charge is -2.21. The highest BCUT2D eigenvalue weighted by Crippen LogP contribution is 2.46. The third-order valence-electron chi connectivity index (χ3n) is 4.06. The lowest BCUT2D eigenvalue weighted by atomic mass is 9.96. The quantitative estimate of drug-likeness (QED) is 0.799. The number of benzene rings is 2. The summed E-state index contributed by atoms with van der Waals surface area (Å²) in [7, 11) is 0. The fraction of sp³-hybridized carbons (Fsp3) is 0.111. The molecule has 0 radical (unpaired) electrons. The Hall–Kier alpha value is -2.88. The summed E-state index contributed by atoms with van der Waals surface area (Å²) in [5, 5.41) is 0. The van der Waals surface area contributed by atoms with Crippen molar-refractivity contribution in [1.29, 1.82) is 0 Å². The molecule has 0 bridgehead atoms. The molecule has 0 saturated heterocycles. The summed E-state index contributed by atoms with van der Waals surface area (Å²) >= 11 is 0. The van der Waals surface area contributed by atoms with Crippen molar-refractivity contribution in [1.82, 2.24) is 0 Å². The fourth-order valence-corrected chi connectivity index (χ4v) is 3.04. The van der Waals surface area contributed by atoms with Crippen LogP contribution in [0.2, 0.25) is 0 Å². The number of esters is 1. The topological polar surface area (TPSA) is 46.6 Å². The van der Waals surface area contributed by atoms with E-state index in [-0.39, 0.29) is 5.91 Å². The van der Waals surface area contributed by atoms with Crippen LogP contribution in [0.1, 0.15) is 11.1 Å². The summed E-state index contributed by atoms with van der Waals surface area (Å²) in [6, 6.07) is 17.2. The van der Waals surface area contributed by atoms with Crippen LogP contribution in [0, 0.1) is 0 Å². The summed E-state index contributed by atoms with van der Waals surface area (Å²) in [5.41, 5.74) is 1.24. The van der Waals surface area contributed by atoms with Gasteiger partial charge in [-0.2, -0.15) is 0 Å². The van der Waals surface area contributed by atoms with Crippen molar-refractivity contribution in [3.63, 3.8) is 0 Å². The standard InChI is InChI=1S/C18H13NO3/c20-16-10-11-18(22-16)14-8-4-5-9-15(14)19(17(18)21)12-13-6-2-1-3-7-13/h1-11H,12H2. The monoisotopic (exact) mass is 291 g/mol. The molecule has 4 heteroatoms. The molecule has 0 saturated carbocycles. The van der Waals surface area contributed by atoms with Gasteiger partial charge in [0, 0.05) is 11.6 Å². The summed E-state index contributed by atoms with van der Waals surface area (Å²) in [4.78, 5) is 26.2. The Morgan fingerprint density at radius 2 is 1.68 bits per heavy atom. The highest BCUT2D eigenvalue weighted by molar-refractivity contribution is 6.11. The van der Waals surface area contributed by atoms with Gasteiger partial charge in [-0.15, -0.1) is 0 Å². The Balaban J connectivity index is 1.80. The fourth-order valence-electron chi connectivity index (χ4n) is 3.04. The normalized spacial score (nSPS) is 22.3. The third kappa shape index (κ3) is 1.70. The number of amides is 1. The van der Waals surface area contributed by atoms with Gasteiger partial charge >= 0.3 is 5.97 Å². The molecule has 22 heavy (non-hydrogen) atoms. The van der Waals surface area contributed by atoms with Crippen molar-refractivity contribution in [2.75, 3.05) is 4.90 Å². The van der Waals surface area contributed by atoms with Gasteiger partial charge in [-0.25, -0.2) is 4.79 Å². The lowest BCUT2D eigenvalue weighted by molar-refractivity contribution is -0.154. The molecule has 2 aliphatic rings. The minimum absolute atomic E-state index is 0.223. The number of carbonyl (C=O) groups excluding carboxylic acids is 2. The maximum Gasteiger partial charge on any atom is 0.332 e. The molecule has 1 unspecified atom stereocenters. The number of hydrogen-bond acceptors (Lipinski definition) is 3. The average Bonchev–Trinajstić information content (AvgIpc) is 3.04. The Morgan fingerprint density at radius 3 is 2.41 bits per heavy atom. The van der Waals surface area contributed by atoms with E-state index < -0.39 is 11.6 Å². The van der Waals surface area contributed by atoms with Crippen molar-refractivity contribution in [3.8, 4) is 0 Å². The van der Waals surface area contributed by atoms with Gasteiger partial charge in [0.15, 0.2) is 0 Å². The number of ether oxygens (including phenoxy) is 1. The van der Waals surface area contributed by atoms with Crippen LogP contribution in [0.3, 0.4) is 0 Å². The van der Waals surface area contributed by atoms with Gasteiger partial charge in [0.2, 0.25) is 5.60 Å². The maximum atomic E-state index is 12.9. The Morgan fingerprint density at radius 1 is 0.955 bits per heavy atom. The predicted octanol–water partition coefficient (Wildman–Crippen LogP) is 2.54. The molecule has 108 valence electrons. The van der Waals surface area contributed by atoms with Crippen molar-refractivity contribution in [2.24, 2.45) is 0 Å².